The molecule has 51 heavy (non-hydrogen) atoms. The Morgan fingerprint density at radius 2 is 1.69 bits per heavy atom. The number of likely N-dealkylation sites (tertiary alicyclic amines) is 1. The van der Waals surface area contributed by atoms with Gasteiger partial charge in [0.1, 0.15) is 11.9 Å². The Hall–Kier alpha value is -3.17. The van der Waals surface area contributed by atoms with Crippen LogP contribution in [0.4, 0.5) is 10.9 Å². The van der Waals surface area contributed by atoms with Gasteiger partial charge in [-0.2, -0.15) is 0 Å². The van der Waals surface area contributed by atoms with Crippen molar-refractivity contribution in [3.63, 3.8) is 0 Å². The smallest absolute Gasteiger partial charge is 0.245 e. The number of hydrogen-bond donors (Lipinski definition) is 4. The van der Waals surface area contributed by atoms with Crippen LogP contribution in [0, 0.1) is 10.8 Å². The number of carbonyl (C=O) groups excluding carboxylic acids is 3. The molecule has 13 nitrogen and oxygen atoms in total. The van der Waals surface area contributed by atoms with Crippen LogP contribution in [0.25, 0.3) is 0 Å². The fourth-order valence-corrected chi connectivity index (χ4v) is 7.24. The highest BCUT2D eigenvalue weighted by atomic mass is 32.1. The Morgan fingerprint density at radius 3 is 2.33 bits per heavy atom. The first-order chi connectivity index (χ1) is 24.6. The van der Waals surface area contributed by atoms with E-state index in [0.29, 0.717) is 59.2 Å². The van der Waals surface area contributed by atoms with Gasteiger partial charge in [0, 0.05) is 49.4 Å². The first-order valence-corrected chi connectivity index (χ1v) is 19.4. The first kappa shape index (κ1) is 40.6. The fourth-order valence-electron chi connectivity index (χ4n) is 6.70. The van der Waals surface area contributed by atoms with Crippen molar-refractivity contribution in [3.05, 3.63) is 35.5 Å². The molecule has 0 spiro atoms. The number of nitrogens with one attached hydrogen (secondary N) is 4. The van der Waals surface area contributed by atoms with E-state index in [2.05, 4.69) is 33.2 Å². The van der Waals surface area contributed by atoms with E-state index in [-0.39, 0.29) is 35.7 Å². The number of nitrogens with zero attached hydrogens (tertiary/aromatic N) is 3. The average Bonchev–Trinajstić information content (AvgIpc) is 3.78. The summed E-state index contributed by atoms with van der Waals surface area (Å²) in [5.74, 6) is 0.603. The van der Waals surface area contributed by atoms with E-state index in [4.69, 9.17) is 19.2 Å². The van der Waals surface area contributed by atoms with Crippen LogP contribution in [0.2, 0.25) is 0 Å². The molecule has 1 saturated carbocycles. The quantitative estimate of drug-likeness (QED) is 0.138. The molecule has 2 aromatic rings. The molecule has 284 valence electrons. The molecule has 2 aromatic heterocycles. The van der Waals surface area contributed by atoms with Gasteiger partial charge in [0.05, 0.1) is 51.6 Å². The number of rotatable bonds is 21. The van der Waals surface area contributed by atoms with Crippen LogP contribution in [0.5, 0.6) is 0 Å². The molecular formula is C37H59N7O6S. The van der Waals surface area contributed by atoms with Gasteiger partial charge in [-0.05, 0) is 50.2 Å². The maximum absolute atomic E-state index is 13.5. The van der Waals surface area contributed by atoms with Crippen molar-refractivity contribution in [3.8, 4) is 0 Å². The minimum absolute atomic E-state index is 0.00235. The SMILES string of the molecule is CC1CCCN1C(=O)C(NC(=O)CNCCOCCOCCOCCNC(=O)C1(Cc2cccc(Nc3nccs3)n2)CCCCC1)C(C)(C)C. The molecule has 3 amide bonds. The topological polar surface area (TPSA) is 156 Å². The maximum atomic E-state index is 13.5. The molecule has 14 heteroatoms. The second-order valence-electron chi connectivity index (χ2n) is 14.7. The number of pyridine rings is 1. The zero-order valence-electron chi connectivity index (χ0n) is 31.0. The van der Waals surface area contributed by atoms with Crippen molar-refractivity contribution >= 4 is 40.0 Å². The lowest BCUT2D eigenvalue weighted by Crippen LogP contribution is -2.56. The molecule has 2 atom stereocenters. The van der Waals surface area contributed by atoms with Crippen LogP contribution >= 0.6 is 11.3 Å². The van der Waals surface area contributed by atoms with Crippen LogP contribution in [-0.4, -0.2) is 110 Å². The average molecular weight is 730 g/mol. The van der Waals surface area contributed by atoms with Crippen LogP contribution < -0.4 is 21.3 Å². The number of ether oxygens (including phenoxy) is 3. The highest BCUT2D eigenvalue weighted by molar-refractivity contribution is 7.13. The maximum Gasteiger partial charge on any atom is 0.245 e. The lowest BCUT2D eigenvalue weighted by Gasteiger charge is -2.35. The first-order valence-electron chi connectivity index (χ1n) is 18.5. The highest BCUT2D eigenvalue weighted by Gasteiger charge is 2.40. The van der Waals surface area contributed by atoms with E-state index in [1.165, 1.54) is 11.3 Å². The molecule has 4 N–H and O–H groups in total. The lowest BCUT2D eigenvalue weighted by molar-refractivity contribution is -0.139. The molecule has 1 aliphatic carbocycles. The normalized spacial score (nSPS) is 18.0. The number of anilines is 2. The van der Waals surface area contributed by atoms with E-state index < -0.39 is 11.5 Å². The summed E-state index contributed by atoms with van der Waals surface area (Å²) in [4.78, 5) is 50.1. The standard InChI is InChI=1S/C37H59N7O6S/c1-28-10-9-18-44(28)33(46)32(36(2,3)4)43-31(45)27-38-15-19-48-21-23-50-24-22-49-20-16-39-34(47)37(13-6-5-7-14-37)26-29-11-8-12-30(41-29)42-35-40-17-25-51-35/h8,11-12,17,25,28,32,38H,5-7,9-10,13-16,18-24,26-27H2,1-4H3,(H,39,47)(H,43,45)(H,40,41,42). The Kier molecular flexibility index (Phi) is 16.5. The van der Waals surface area contributed by atoms with Crippen molar-refractivity contribution in [1.82, 2.24) is 30.8 Å². The van der Waals surface area contributed by atoms with Crippen molar-refractivity contribution in [2.24, 2.45) is 10.8 Å². The molecule has 4 rings (SSSR count). The van der Waals surface area contributed by atoms with Gasteiger partial charge in [-0.1, -0.05) is 46.1 Å². The van der Waals surface area contributed by atoms with Gasteiger partial charge in [-0.3, -0.25) is 14.4 Å². The molecule has 2 unspecified atom stereocenters. The number of hydrogen-bond acceptors (Lipinski definition) is 11. The lowest BCUT2D eigenvalue weighted by atomic mass is 9.70. The minimum Gasteiger partial charge on any atom is -0.378 e. The predicted molar refractivity (Wildman–Crippen MR) is 199 cm³/mol. The van der Waals surface area contributed by atoms with Gasteiger partial charge in [-0.15, -0.1) is 11.3 Å². The summed E-state index contributed by atoms with van der Waals surface area (Å²) in [5, 5.41) is 15.1. The summed E-state index contributed by atoms with van der Waals surface area (Å²) in [6.07, 6.45) is 9.30. The molecule has 0 bridgehead atoms. The van der Waals surface area contributed by atoms with Crippen molar-refractivity contribution in [2.45, 2.75) is 91.1 Å². The molecule has 0 radical (unpaired) electrons. The number of carbonyl (C=O) groups is 3. The number of thiazole rings is 1. The van der Waals surface area contributed by atoms with Gasteiger partial charge in [0.15, 0.2) is 5.13 Å². The van der Waals surface area contributed by atoms with E-state index >= 15 is 0 Å². The molecular weight excluding hydrogens is 671 g/mol. The summed E-state index contributed by atoms with van der Waals surface area (Å²) in [5.41, 5.74) is 0.0543. The largest absolute Gasteiger partial charge is 0.378 e. The van der Waals surface area contributed by atoms with Gasteiger partial charge >= 0.3 is 0 Å². The monoisotopic (exact) mass is 729 g/mol. The van der Waals surface area contributed by atoms with Gasteiger partial charge in [-0.25, -0.2) is 9.97 Å². The fraction of sp³-hybridized carbons (Fsp3) is 0.703. The molecule has 2 aliphatic rings. The molecule has 3 heterocycles. The Balaban J connectivity index is 1.02. The summed E-state index contributed by atoms with van der Waals surface area (Å²) in [6.45, 7) is 12.4. The Labute approximate surface area is 307 Å². The van der Waals surface area contributed by atoms with Gasteiger partial charge in [0.2, 0.25) is 17.7 Å². The second kappa shape index (κ2) is 20.8. The molecule has 2 fully saturated rings. The predicted octanol–water partition coefficient (Wildman–Crippen LogP) is 4.07. The van der Waals surface area contributed by atoms with Gasteiger partial charge < -0.3 is 40.4 Å². The van der Waals surface area contributed by atoms with E-state index in [0.717, 1.165) is 68.1 Å². The van der Waals surface area contributed by atoms with Crippen molar-refractivity contribution < 1.29 is 28.6 Å². The van der Waals surface area contributed by atoms with Crippen LogP contribution in [0.1, 0.15) is 78.3 Å². The third-order valence-electron chi connectivity index (χ3n) is 9.52. The zero-order chi connectivity index (χ0) is 36.5. The second-order valence-corrected chi connectivity index (χ2v) is 15.5. The van der Waals surface area contributed by atoms with E-state index in [1.807, 2.05) is 49.3 Å². The third kappa shape index (κ3) is 13.4. The Morgan fingerprint density at radius 1 is 0.980 bits per heavy atom. The van der Waals surface area contributed by atoms with Crippen molar-refractivity contribution in [2.75, 3.05) is 71.1 Å². The highest BCUT2D eigenvalue weighted by Crippen LogP contribution is 2.39. The summed E-state index contributed by atoms with van der Waals surface area (Å²) >= 11 is 1.52. The zero-order valence-corrected chi connectivity index (χ0v) is 31.8. The summed E-state index contributed by atoms with van der Waals surface area (Å²) < 4.78 is 16.9. The number of amides is 3. The third-order valence-corrected chi connectivity index (χ3v) is 10.2. The summed E-state index contributed by atoms with van der Waals surface area (Å²) in [6, 6.07) is 5.53. The van der Waals surface area contributed by atoms with Crippen LogP contribution in [0.15, 0.2) is 29.8 Å². The molecule has 1 saturated heterocycles. The van der Waals surface area contributed by atoms with Crippen molar-refractivity contribution in [1.29, 1.82) is 0 Å². The summed E-state index contributed by atoms with van der Waals surface area (Å²) in [7, 11) is 0. The Bertz CT molecular complexity index is 1350. The number of aromatic nitrogens is 2. The van der Waals surface area contributed by atoms with Gasteiger partial charge in [0.25, 0.3) is 0 Å². The molecule has 0 aromatic carbocycles. The van der Waals surface area contributed by atoms with Crippen LogP contribution in [0.3, 0.4) is 0 Å². The molecule has 1 aliphatic heterocycles. The van der Waals surface area contributed by atoms with E-state index in [9.17, 15) is 14.4 Å². The van der Waals surface area contributed by atoms with E-state index in [1.54, 1.807) is 6.20 Å². The van der Waals surface area contributed by atoms with Crippen LogP contribution in [-0.2, 0) is 35.0 Å². The minimum atomic E-state index is -0.563.